The summed E-state index contributed by atoms with van der Waals surface area (Å²) in [6.07, 6.45) is 0.302. The van der Waals surface area contributed by atoms with Gasteiger partial charge in [0.2, 0.25) is 5.76 Å². The van der Waals surface area contributed by atoms with Gasteiger partial charge in [-0.15, -0.1) is 0 Å². The predicted molar refractivity (Wildman–Crippen MR) is 100 cm³/mol. The number of fused-ring (bicyclic) bond motifs is 1. The normalized spacial score (nSPS) is 11.8. The van der Waals surface area contributed by atoms with Gasteiger partial charge in [0.25, 0.3) is 5.91 Å². The van der Waals surface area contributed by atoms with Crippen molar-refractivity contribution in [2.24, 2.45) is 0 Å². The molecule has 138 valence electrons. The fourth-order valence-corrected chi connectivity index (χ4v) is 2.55. The minimum atomic E-state index is -1.17. The number of nitrogens with zero attached hydrogens (tertiary/aromatic N) is 1. The zero-order valence-electron chi connectivity index (χ0n) is 13.9. The van der Waals surface area contributed by atoms with Crippen molar-refractivity contribution in [2.75, 3.05) is 5.32 Å². The minimum Gasteiger partial charge on any atom is -0.449 e. The number of hydrogen-bond acceptors (Lipinski definition) is 6. The molecule has 0 fully saturated rings. The highest BCUT2D eigenvalue weighted by Crippen LogP contribution is 2.19. The summed E-state index contributed by atoms with van der Waals surface area (Å²) in [7, 11) is 0. The van der Waals surface area contributed by atoms with E-state index >= 15 is 0 Å². The van der Waals surface area contributed by atoms with E-state index in [0.717, 1.165) is 6.07 Å². The van der Waals surface area contributed by atoms with Crippen LogP contribution in [-0.2, 0) is 9.53 Å². The van der Waals surface area contributed by atoms with Gasteiger partial charge < -0.3 is 14.5 Å². The van der Waals surface area contributed by atoms with Gasteiger partial charge in [0.15, 0.2) is 16.7 Å². The van der Waals surface area contributed by atoms with Crippen molar-refractivity contribution >= 4 is 51.7 Å². The first-order chi connectivity index (χ1) is 12.8. The maximum atomic E-state index is 12.2. The molecule has 7 nitrogen and oxygen atoms in total. The van der Waals surface area contributed by atoms with Crippen LogP contribution >= 0.6 is 23.2 Å². The van der Waals surface area contributed by atoms with E-state index in [1.54, 1.807) is 12.1 Å². The van der Waals surface area contributed by atoms with Gasteiger partial charge >= 0.3 is 5.97 Å². The van der Waals surface area contributed by atoms with E-state index in [1.165, 1.54) is 31.3 Å². The van der Waals surface area contributed by atoms with E-state index in [-0.39, 0.29) is 27.6 Å². The second-order valence-corrected chi connectivity index (χ2v) is 6.29. The van der Waals surface area contributed by atoms with Gasteiger partial charge in [-0.2, -0.15) is 0 Å². The first kappa shape index (κ1) is 18.9. The van der Waals surface area contributed by atoms with Crippen molar-refractivity contribution in [3.8, 4) is 0 Å². The number of amides is 1. The average molecular weight is 407 g/mol. The second-order valence-electron chi connectivity index (χ2n) is 5.49. The summed E-state index contributed by atoms with van der Waals surface area (Å²) in [5.41, 5.74) is 0.00391. The van der Waals surface area contributed by atoms with Crippen LogP contribution in [0.1, 0.15) is 17.5 Å². The lowest BCUT2D eigenvalue weighted by Crippen LogP contribution is -2.30. The Morgan fingerprint density at radius 1 is 1.22 bits per heavy atom. The molecule has 1 N–H and O–H groups in total. The number of pyridine rings is 1. The molecule has 2 heterocycles. The Hall–Kier alpha value is -2.90. The molecule has 27 heavy (non-hydrogen) atoms. The van der Waals surface area contributed by atoms with E-state index in [2.05, 4.69) is 10.3 Å². The Balaban J connectivity index is 1.75. The molecule has 0 radical (unpaired) electrons. The standard InChI is InChI=1S/C18H12Cl2N2O5/c1-9(17(24)22-12-3-2-6-21-16(12)20)26-18(25)15-8-13(23)11-7-10(19)4-5-14(11)27-15/h2-9H,1H3,(H,22,24)/t9-/m0/s1. The number of carbonyl (C=O) groups excluding carboxylic acids is 2. The summed E-state index contributed by atoms with van der Waals surface area (Å²) >= 11 is 11.7. The number of anilines is 1. The van der Waals surface area contributed by atoms with E-state index in [4.69, 9.17) is 32.4 Å². The number of ether oxygens (including phenoxy) is 1. The summed E-state index contributed by atoms with van der Waals surface area (Å²) in [5.74, 6) is -1.90. The molecule has 2 aromatic heterocycles. The Bertz CT molecular complexity index is 1100. The lowest BCUT2D eigenvalue weighted by Gasteiger charge is -2.13. The lowest BCUT2D eigenvalue weighted by atomic mass is 10.2. The van der Waals surface area contributed by atoms with Crippen molar-refractivity contribution in [3.05, 3.63) is 68.8 Å². The van der Waals surface area contributed by atoms with Gasteiger partial charge in [-0.1, -0.05) is 23.2 Å². The molecule has 0 aliphatic heterocycles. The van der Waals surface area contributed by atoms with E-state index in [9.17, 15) is 14.4 Å². The third kappa shape index (κ3) is 4.27. The molecule has 0 spiro atoms. The third-order valence-electron chi connectivity index (χ3n) is 3.56. The number of esters is 1. The summed E-state index contributed by atoms with van der Waals surface area (Å²) in [6, 6.07) is 8.56. The summed E-state index contributed by atoms with van der Waals surface area (Å²) in [5, 5.41) is 3.19. The van der Waals surface area contributed by atoms with Crippen LogP contribution in [0.25, 0.3) is 11.0 Å². The number of benzene rings is 1. The SMILES string of the molecule is C[C@H](OC(=O)c1cc(=O)c2cc(Cl)ccc2o1)C(=O)Nc1cccnc1Cl. The predicted octanol–water partition coefficient (Wildman–Crippen LogP) is 3.68. The maximum absolute atomic E-state index is 12.2. The number of rotatable bonds is 4. The van der Waals surface area contributed by atoms with Crippen LogP contribution in [-0.4, -0.2) is 23.0 Å². The van der Waals surface area contributed by atoms with Gasteiger partial charge in [-0.05, 0) is 37.3 Å². The fraction of sp³-hybridized carbons (Fsp3) is 0.111. The van der Waals surface area contributed by atoms with Crippen molar-refractivity contribution in [2.45, 2.75) is 13.0 Å². The van der Waals surface area contributed by atoms with E-state index in [0.29, 0.717) is 5.02 Å². The van der Waals surface area contributed by atoms with Gasteiger partial charge in [-0.3, -0.25) is 9.59 Å². The van der Waals surface area contributed by atoms with E-state index in [1.807, 2.05) is 0 Å². The Labute approximate surface area is 162 Å². The molecule has 3 rings (SSSR count). The van der Waals surface area contributed by atoms with Crippen LogP contribution in [0.3, 0.4) is 0 Å². The summed E-state index contributed by atoms with van der Waals surface area (Å²) in [4.78, 5) is 40.4. The third-order valence-corrected chi connectivity index (χ3v) is 4.10. The summed E-state index contributed by atoms with van der Waals surface area (Å²) < 4.78 is 10.4. The highest BCUT2D eigenvalue weighted by Gasteiger charge is 2.22. The second kappa shape index (κ2) is 7.77. The molecular weight excluding hydrogens is 395 g/mol. The minimum absolute atomic E-state index is 0.101. The highest BCUT2D eigenvalue weighted by atomic mass is 35.5. The molecule has 0 saturated carbocycles. The van der Waals surface area contributed by atoms with Gasteiger partial charge in [-0.25, -0.2) is 9.78 Å². The number of carbonyl (C=O) groups is 2. The first-order valence-corrected chi connectivity index (χ1v) is 8.46. The van der Waals surface area contributed by atoms with Crippen molar-refractivity contribution in [1.29, 1.82) is 0 Å². The number of aromatic nitrogens is 1. The Morgan fingerprint density at radius 3 is 2.74 bits per heavy atom. The van der Waals surface area contributed by atoms with Crippen LogP contribution in [0.5, 0.6) is 0 Å². The Morgan fingerprint density at radius 2 is 2.00 bits per heavy atom. The van der Waals surface area contributed by atoms with Gasteiger partial charge in [0.05, 0.1) is 11.1 Å². The van der Waals surface area contributed by atoms with Gasteiger partial charge in [0, 0.05) is 17.3 Å². The first-order valence-electron chi connectivity index (χ1n) is 7.71. The van der Waals surface area contributed by atoms with Crippen molar-refractivity contribution in [3.63, 3.8) is 0 Å². The molecule has 9 heteroatoms. The monoisotopic (exact) mass is 406 g/mol. The van der Waals surface area contributed by atoms with Crippen LogP contribution in [0.4, 0.5) is 5.69 Å². The average Bonchev–Trinajstić information content (AvgIpc) is 2.63. The molecule has 1 amide bonds. The van der Waals surface area contributed by atoms with E-state index < -0.39 is 23.4 Å². The molecular formula is C18H12Cl2N2O5. The molecule has 0 saturated heterocycles. The number of halogens is 2. The molecule has 0 bridgehead atoms. The Kier molecular flexibility index (Phi) is 5.43. The summed E-state index contributed by atoms with van der Waals surface area (Å²) in [6.45, 7) is 1.37. The zero-order valence-corrected chi connectivity index (χ0v) is 15.4. The lowest BCUT2D eigenvalue weighted by molar-refractivity contribution is -0.123. The van der Waals surface area contributed by atoms with Crippen molar-refractivity contribution < 1.29 is 18.7 Å². The van der Waals surface area contributed by atoms with Crippen molar-refractivity contribution in [1.82, 2.24) is 4.98 Å². The highest BCUT2D eigenvalue weighted by molar-refractivity contribution is 6.32. The van der Waals surface area contributed by atoms with Crippen LogP contribution in [0.15, 0.2) is 51.8 Å². The maximum Gasteiger partial charge on any atom is 0.375 e. The largest absolute Gasteiger partial charge is 0.449 e. The van der Waals surface area contributed by atoms with Crippen LogP contribution < -0.4 is 10.7 Å². The number of hydrogen-bond donors (Lipinski definition) is 1. The molecule has 0 aliphatic rings. The molecule has 3 aromatic rings. The smallest absolute Gasteiger partial charge is 0.375 e. The zero-order chi connectivity index (χ0) is 19.6. The molecule has 0 aliphatic carbocycles. The van der Waals surface area contributed by atoms with Gasteiger partial charge in [0.1, 0.15) is 5.58 Å². The van der Waals surface area contributed by atoms with Crippen LogP contribution in [0.2, 0.25) is 10.2 Å². The quantitative estimate of drug-likeness (QED) is 0.523. The topological polar surface area (TPSA) is 98.5 Å². The van der Waals surface area contributed by atoms with Crippen LogP contribution in [0, 0.1) is 0 Å². The number of nitrogens with one attached hydrogen (secondary N) is 1. The molecule has 1 aromatic carbocycles. The molecule has 0 unspecified atom stereocenters. The fourth-order valence-electron chi connectivity index (χ4n) is 2.21. The molecule has 1 atom stereocenters.